The lowest BCUT2D eigenvalue weighted by Crippen LogP contribution is -2.22. The highest BCUT2D eigenvalue weighted by atomic mass is 35.5. The summed E-state index contributed by atoms with van der Waals surface area (Å²) in [7, 11) is 0. The summed E-state index contributed by atoms with van der Waals surface area (Å²) in [6.07, 6.45) is 0. The van der Waals surface area contributed by atoms with Crippen LogP contribution < -0.4 is 10.2 Å². The highest BCUT2D eigenvalue weighted by molar-refractivity contribution is 5.85. The van der Waals surface area contributed by atoms with Crippen LogP contribution in [0.2, 0.25) is 0 Å². The van der Waals surface area contributed by atoms with Crippen LogP contribution in [0.25, 0.3) is 0 Å². The van der Waals surface area contributed by atoms with E-state index in [0.29, 0.717) is 5.92 Å². The molecule has 0 radical (unpaired) electrons. The Balaban J connectivity index is 0. The van der Waals surface area contributed by atoms with Crippen LogP contribution in [0, 0.1) is 5.92 Å². The fraction of sp³-hybridized carbons (Fsp3) is 0.600. The SMILES string of the molecule is CCN(CC)c1ccc(CNCC(C)C)cc1.Cl.Cl. The van der Waals surface area contributed by atoms with Crippen molar-refractivity contribution >= 4 is 30.5 Å². The maximum Gasteiger partial charge on any atom is 0.0366 e. The van der Waals surface area contributed by atoms with Crippen LogP contribution in [-0.4, -0.2) is 19.6 Å². The van der Waals surface area contributed by atoms with E-state index in [1.807, 2.05) is 0 Å². The molecule has 0 aromatic heterocycles. The Morgan fingerprint density at radius 1 is 1.00 bits per heavy atom. The van der Waals surface area contributed by atoms with E-state index in [1.165, 1.54) is 11.3 Å². The lowest BCUT2D eigenvalue weighted by atomic mass is 10.1. The number of hydrogen-bond donors (Lipinski definition) is 1. The molecule has 0 aliphatic carbocycles. The van der Waals surface area contributed by atoms with Gasteiger partial charge in [-0.2, -0.15) is 0 Å². The molecule has 0 atom stereocenters. The number of halogens is 2. The summed E-state index contributed by atoms with van der Waals surface area (Å²) in [6.45, 7) is 13.0. The number of hydrogen-bond acceptors (Lipinski definition) is 2. The summed E-state index contributed by atoms with van der Waals surface area (Å²) in [6, 6.07) is 8.89. The Kier molecular flexibility index (Phi) is 12.5. The van der Waals surface area contributed by atoms with Crippen molar-refractivity contribution in [2.24, 2.45) is 5.92 Å². The van der Waals surface area contributed by atoms with Crippen LogP contribution in [0.15, 0.2) is 24.3 Å². The van der Waals surface area contributed by atoms with Gasteiger partial charge in [-0.05, 0) is 44.0 Å². The van der Waals surface area contributed by atoms with Crippen LogP contribution in [-0.2, 0) is 6.54 Å². The molecule has 4 heteroatoms. The standard InChI is InChI=1S/C15H26N2.2ClH/c1-5-17(6-2)15-9-7-14(8-10-15)12-16-11-13(3)4;;/h7-10,13,16H,5-6,11-12H2,1-4H3;2*1H. The maximum atomic E-state index is 3.46. The normalized spacial score (nSPS) is 9.74. The molecule has 0 saturated carbocycles. The van der Waals surface area contributed by atoms with Crippen molar-refractivity contribution in [2.45, 2.75) is 34.2 Å². The van der Waals surface area contributed by atoms with E-state index in [4.69, 9.17) is 0 Å². The Morgan fingerprint density at radius 2 is 1.53 bits per heavy atom. The minimum absolute atomic E-state index is 0. The highest BCUT2D eigenvalue weighted by Crippen LogP contribution is 2.14. The molecule has 0 spiro atoms. The second kappa shape index (κ2) is 11.4. The van der Waals surface area contributed by atoms with Crippen molar-refractivity contribution < 1.29 is 0 Å². The fourth-order valence-electron chi connectivity index (χ4n) is 1.92. The number of anilines is 1. The van der Waals surface area contributed by atoms with Gasteiger partial charge in [0.2, 0.25) is 0 Å². The molecule has 2 nitrogen and oxygen atoms in total. The van der Waals surface area contributed by atoms with Gasteiger partial charge in [0.05, 0.1) is 0 Å². The summed E-state index contributed by atoms with van der Waals surface area (Å²) < 4.78 is 0. The van der Waals surface area contributed by atoms with Gasteiger partial charge in [0, 0.05) is 25.3 Å². The van der Waals surface area contributed by atoms with E-state index in [1.54, 1.807) is 0 Å². The summed E-state index contributed by atoms with van der Waals surface area (Å²) >= 11 is 0. The molecule has 0 bridgehead atoms. The van der Waals surface area contributed by atoms with Crippen LogP contribution in [0.4, 0.5) is 5.69 Å². The topological polar surface area (TPSA) is 15.3 Å². The lowest BCUT2D eigenvalue weighted by Gasteiger charge is -2.21. The summed E-state index contributed by atoms with van der Waals surface area (Å²) in [4.78, 5) is 2.37. The molecule has 1 aromatic rings. The average Bonchev–Trinajstić information content (AvgIpc) is 2.32. The predicted molar refractivity (Wildman–Crippen MR) is 91.0 cm³/mol. The number of nitrogens with one attached hydrogen (secondary N) is 1. The van der Waals surface area contributed by atoms with Gasteiger partial charge in [-0.3, -0.25) is 0 Å². The van der Waals surface area contributed by atoms with Crippen LogP contribution in [0.1, 0.15) is 33.3 Å². The monoisotopic (exact) mass is 306 g/mol. The third-order valence-corrected chi connectivity index (χ3v) is 2.95. The number of rotatable bonds is 7. The molecule has 0 heterocycles. The molecule has 112 valence electrons. The molecule has 1 rings (SSSR count). The van der Waals surface area contributed by atoms with Gasteiger partial charge in [0.25, 0.3) is 0 Å². The van der Waals surface area contributed by atoms with E-state index in [-0.39, 0.29) is 24.8 Å². The number of benzene rings is 1. The quantitative estimate of drug-likeness (QED) is 0.815. The van der Waals surface area contributed by atoms with Gasteiger partial charge in [0.1, 0.15) is 0 Å². The lowest BCUT2D eigenvalue weighted by molar-refractivity contribution is 0.552. The van der Waals surface area contributed by atoms with E-state index in [2.05, 4.69) is 62.2 Å². The first kappa shape index (κ1) is 20.9. The molecule has 1 N–H and O–H groups in total. The smallest absolute Gasteiger partial charge is 0.0366 e. The van der Waals surface area contributed by atoms with E-state index >= 15 is 0 Å². The third-order valence-electron chi connectivity index (χ3n) is 2.95. The van der Waals surface area contributed by atoms with Crippen LogP contribution >= 0.6 is 24.8 Å². The predicted octanol–water partition coefficient (Wildman–Crippen LogP) is 4.12. The molecule has 0 unspecified atom stereocenters. The molecule has 0 aliphatic rings. The average molecular weight is 307 g/mol. The van der Waals surface area contributed by atoms with E-state index in [0.717, 1.165) is 26.2 Å². The van der Waals surface area contributed by atoms with Crippen molar-refractivity contribution in [3.05, 3.63) is 29.8 Å². The molecule has 0 amide bonds. The first-order valence-corrected chi connectivity index (χ1v) is 6.72. The Bertz CT molecular complexity index is 308. The fourth-order valence-corrected chi connectivity index (χ4v) is 1.92. The molecular weight excluding hydrogens is 279 g/mol. The Labute approximate surface area is 130 Å². The van der Waals surface area contributed by atoms with Crippen molar-refractivity contribution in [3.8, 4) is 0 Å². The molecular formula is C15H28Cl2N2. The summed E-state index contributed by atoms with van der Waals surface area (Å²) in [5.41, 5.74) is 2.68. The zero-order valence-corrected chi connectivity index (χ0v) is 14.1. The molecule has 0 fully saturated rings. The van der Waals surface area contributed by atoms with Crippen LogP contribution in [0.3, 0.4) is 0 Å². The van der Waals surface area contributed by atoms with Gasteiger partial charge >= 0.3 is 0 Å². The second-order valence-electron chi connectivity index (χ2n) is 4.86. The van der Waals surface area contributed by atoms with Gasteiger partial charge < -0.3 is 10.2 Å². The van der Waals surface area contributed by atoms with Crippen molar-refractivity contribution in [2.75, 3.05) is 24.5 Å². The van der Waals surface area contributed by atoms with Gasteiger partial charge in [-0.1, -0.05) is 26.0 Å². The van der Waals surface area contributed by atoms with Crippen molar-refractivity contribution in [1.29, 1.82) is 0 Å². The summed E-state index contributed by atoms with van der Waals surface area (Å²) in [5.74, 6) is 0.713. The zero-order chi connectivity index (χ0) is 12.7. The minimum Gasteiger partial charge on any atom is -0.372 e. The van der Waals surface area contributed by atoms with Gasteiger partial charge in [0.15, 0.2) is 0 Å². The largest absolute Gasteiger partial charge is 0.372 e. The number of nitrogens with zero attached hydrogens (tertiary/aromatic N) is 1. The van der Waals surface area contributed by atoms with Crippen molar-refractivity contribution in [3.63, 3.8) is 0 Å². The van der Waals surface area contributed by atoms with Crippen molar-refractivity contribution in [1.82, 2.24) is 5.32 Å². The molecule has 0 aliphatic heterocycles. The highest BCUT2D eigenvalue weighted by Gasteiger charge is 2.01. The van der Waals surface area contributed by atoms with Gasteiger partial charge in [-0.25, -0.2) is 0 Å². The molecule has 0 saturated heterocycles. The maximum absolute atomic E-state index is 3.46. The Morgan fingerprint density at radius 3 is 1.95 bits per heavy atom. The molecule has 19 heavy (non-hydrogen) atoms. The first-order chi connectivity index (χ1) is 8.17. The van der Waals surface area contributed by atoms with E-state index in [9.17, 15) is 0 Å². The first-order valence-electron chi connectivity index (χ1n) is 6.72. The molecule has 1 aromatic carbocycles. The van der Waals surface area contributed by atoms with E-state index < -0.39 is 0 Å². The third kappa shape index (κ3) is 7.66. The summed E-state index contributed by atoms with van der Waals surface area (Å²) in [5, 5.41) is 3.46. The zero-order valence-electron chi connectivity index (χ0n) is 12.5. The van der Waals surface area contributed by atoms with Crippen LogP contribution in [0.5, 0.6) is 0 Å². The Hall–Kier alpha value is -0.440. The van der Waals surface area contributed by atoms with Gasteiger partial charge in [-0.15, -0.1) is 24.8 Å². The second-order valence-corrected chi connectivity index (χ2v) is 4.86. The minimum atomic E-state index is 0.